The molecule has 208 valence electrons. The molecule has 0 fully saturated rings. The van der Waals surface area contributed by atoms with Crippen LogP contribution in [0.1, 0.15) is 25.0 Å². The van der Waals surface area contributed by atoms with E-state index < -0.39 is 40.2 Å². The van der Waals surface area contributed by atoms with Crippen LogP contribution in [-0.2, 0) is 32.6 Å². The minimum absolute atomic E-state index is 0.0545. The Bertz CT molecular complexity index is 1400. The van der Waals surface area contributed by atoms with Gasteiger partial charge in [-0.15, -0.1) is 0 Å². The van der Waals surface area contributed by atoms with E-state index in [0.717, 1.165) is 16.1 Å². The third kappa shape index (κ3) is 8.68. The lowest BCUT2D eigenvalue weighted by Gasteiger charge is -2.34. The molecule has 7 nitrogen and oxygen atoms in total. The fourth-order valence-electron chi connectivity index (χ4n) is 3.98. The highest BCUT2D eigenvalue weighted by Gasteiger charge is 2.33. The second-order valence-corrected chi connectivity index (χ2v) is 12.1. The van der Waals surface area contributed by atoms with Crippen molar-refractivity contribution >= 4 is 50.7 Å². The summed E-state index contributed by atoms with van der Waals surface area (Å²) in [6, 6.07) is 17.8. The van der Waals surface area contributed by atoms with E-state index in [2.05, 4.69) is 5.32 Å². The topological polar surface area (TPSA) is 86.8 Å². The molecule has 39 heavy (non-hydrogen) atoms. The maximum absolute atomic E-state index is 13.9. The molecule has 0 saturated carbocycles. The van der Waals surface area contributed by atoms with Crippen molar-refractivity contribution in [2.45, 2.75) is 38.9 Å². The zero-order valence-corrected chi connectivity index (χ0v) is 24.1. The first kappa shape index (κ1) is 30.4. The molecule has 0 bridgehead atoms. The van der Waals surface area contributed by atoms with Crippen LogP contribution in [0.5, 0.6) is 0 Å². The van der Waals surface area contributed by atoms with Crippen molar-refractivity contribution in [3.8, 4) is 0 Å². The Morgan fingerprint density at radius 2 is 1.56 bits per heavy atom. The van der Waals surface area contributed by atoms with Gasteiger partial charge in [-0.3, -0.25) is 13.9 Å². The first-order chi connectivity index (χ1) is 18.3. The third-order valence-corrected chi connectivity index (χ3v) is 7.72. The van der Waals surface area contributed by atoms with Gasteiger partial charge in [0.05, 0.1) is 22.0 Å². The highest BCUT2D eigenvalue weighted by molar-refractivity contribution is 7.92. The summed E-state index contributed by atoms with van der Waals surface area (Å²) in [7, 11) is -3.94. The quantitative estimate of drug-likeness (QED) is 0.336. The summed E-state index contributed by atoms with van der Waals surface area (Å²) in [6.45, 7) is 2.96. The van der Waals surface area contributed by atoms with Crippen LogP contribution >= 0.6 is 23.2 Å². The van der Waals surface area contributed by atoms with Crippen LogP contribution in [0.2, 0.25) is 10.0 Å². The van der Waals surface area contributed by atoms with E-state index in [1.807, 2.05) is 30.3 Å². The van der Waals surface area contributed by atoms with Crippen LogP contribution in [0.3, 0.4) is 0 Å². The van der Waals surface area contributed by atoms with Crippen LogP contribution in [0.15, 0.2) is 72.8 Å². The minimum Gasteiger partial charge on any atom is -0.352 e. The number of carbonyl (C=O) groups is 2. The number of carbonyl (C=O) groups excluding carboxylic acids is 2. The molecule has 3 rings (SSSR count). The molecule has 11 heteroatoms. The van der Waals surface area contributed by atoms with Gasteiger partial charge in [0.1, 0.15) is 18.4 Å². The molecule has 1 N–H and O–H groups in total. The largest absolute Gasteiger partial charge is 0.352 e. The molecular formula is C28H30Cl2FN3O4S. The van der Waals surface area contributed by atoms with Gasteiger partial charge in [0.2, 0.25) is 21.8 Å². The molecule has 0 radical (unpaired) electrons. The summed E-state index contributed by atoms with van der Waals surface area (Å²) in [6.07, 6.45) is 1.15. The van der Waals surface area contributed by atoms with E-state index in [1.165, 1.54) is 47.4 Å². The normalized spacial score (nSPS) is 12.2. The first-order valence-corrected chi connectivity index (χ1v) is 14.8. The zero-order chi connectivity index (χ0) is 28.7. The molecule has 1 atom stereocenters. The van der Waals surface area contributed by atoms with Gasteiger partial charge in [-0.1, -0.05) is 65.7 Å². The van der Waals surface area contributed by atoms with Crippen LogP contribution in [0.25, 0.3) is 0 Å². The number of sulfonamides is 1. The fourth-order valence-corrected chi connectivity index (χ4v) is 5.11. The summed E-state index contributed by atoms with van der Waals surface area (Å²) < 4.78 is 40.1. The lowest BCUT2D eigenvalue weighted by atomic mass is 10.0. The SMILES string of the molecule is CC(C)NC(=O)[C@H](Cc1ccccc1)N(Cc1ccc(F)cc1)C(=O)CN(c1ccc(Cl)c(Cl)c1)S(C)(=O)=O. The number of hydrogen-bond donors (Lipinski definition) is 1. The summed E-state index contributed by atoms with van der Waals surface area (Å²) in [4.78, 5) is 28.7. The van der Waals surface area contributed by atoms with E-state index in [4.69, 9.17) is 23.2 Å². The predicted molar refractivity (Wildman–Crippen MR) is 153 cm³/mol. The molecule has 3 aromatic carbocycles. The highest BCUT2D eigenvalue weighted by atomic mass is 35.5. The molecule has 0 saturated heterocycles. The Kier molecular flexibility index (Phi) is 10.4. The van der Waals surface area contributed by atoms with E-state index in [1.54, 1.807) is 13.8 Å². The number of halogens is 3. The van der Waals surface area contributed by atoms with Gasteiger partial charge >= 0.3 is 0 Å². The summed E-state index contributed by atoms with van der Waals surface area (Å²) >= 11 is 12.1. The Labute approximate surface area is 238 Å². The second kappa shape index (κ2) is 13.3. The highest BCUT2D eigenvalue weighted by Crippen LogP contribution is 2.29. The molecule has 0 unspecified atom stereocenters. The van der Waals surface area contributed by atoms with Gasteiger partial charge in [0, 0.05) is 19.0 Å². The van der Waals surface area contributed by atoms with Crippen LogP contribution < -0.4 is 9.62 Å². The van der Waals surface area contributed by atoms with Crippen molar-refractivity contribution in [2.24, 2.45) is 0 Å². The Hall–Kier alpha value is -3.14. The van der Waals surface area contributed by atoms with Gasteiger partial charge in [0.25, 0.3) is 0 Å². The second-order valence-electron chi connectivity index (χ2n) is 9.38. The number of nitrogens with one attached hydrogen (secondary N) is 1. The number of nitrogens with zero attached hydrogens (tertiary/aromatic N) is 2. The van der Waals surface area contributed by atoms with Gasteiger partial charge in [0.15, 0.2) is 0 Å². The van der Waals surface area contributed by atoms with Crippen molar-refractivity contribution in [1.29, 1.82) is 0 Å². The van der Waals surface area contributed by atoms with Gasteiger partial charge in [-0.05, 0) is 55.3 Å². The molecule has 0 aliphatic carbocycles. The summed E-state index contributed by atoms with van der Waals surface area (Å²) in [5.74, 6) is -1.47. The fraction of sp³-hybridized carbons (Fsp3) is 0.286. The molecule has 0 aliphatic rings. The van der Waals surface area contributed by atoms with Crippen LogP contribution in [0, 0.1) is 5.82 Å². The van der Waals surface area contributed by atoms with E-state index in [0.29, 0.717) is 5.56 Å². The Balaban J connectivity index is 2.06. The number of benzene rings is 3. The minimum atomic E-state index is -3.94. The lowest BCUT2D eigenvalue weighted by Crippen LogP contribution is -2.54. The average molecular weight is 595 g/mol. The van der Waals surface area contributed by atoms with Crippen molar-refractivity contribution in [3.05, 3.63) is 99.8 Å². The lowest BCUT2D eigenvalue weighted by molar-refractivity contribution is -0.140. The van der Waals surface area contributed by atoms with Crippen molar-refractivity contribution in [2.75, 3.05) is 17.1 Å². The van der Waals surface area contributed by atoms with Gasteiger partial charge < -0.3 is 10.2 Å². The molecule has 0 heterocycles. The van der Waals surface area contributed by atoms with Crippen LogP contribution in [-0.4, -0.2) is 50.0 Å². The molecule has 3 aromatic rings. The molecule has 0 aromatic heterocycles. The number of anilines is 1. The van der Waals surface area contributed by atoms with Crippen LogP contribution in [0.4, 0.5) is 10.1 Å². The third-order valence-electron chi connectivity index (χ3n) is 5.84. The molecular weight excluding hydrogens is 564 g/mol. The van der Waals surface area contributed by atoms with Crippen molar-refractivity contribution in [3.63, 3.8) is 0 Å². The standard InChI is InChI=1S/C28H30Cl2FN3O4S/c1-19(2)32-28(36)26(15-20-7-5-4-6-8-20)33(17-21-9-11-22(31)12-10-21)27(35)18-34(39(3,37)38)23-13-14-24(29)25(30)16-23/h4-14,16,19,26H,15,17-18H2,1-3H3,(H,32,36)/t26-/m0/s1. The Morgan fingerprint density at radius 3 is 2.13 bits per heavy atom. The average Bonchev–Trinajstić information content (AvgIpc) is 2.87. The van der Waals surface area contributed by atoms with Crippen molar-refractivity contribution in [1.82, 2.24) is 10.2 Å². The molecule has 2 amide bonds. The number of hydrogen-bond acceptors (Lipinski definition) is 4. The predicted octanol–water partition coefficient (Wildman–Crippen LogP) is 5.06. The summed E-state index contributed by atoms with van der Waals surface area (Å²) in [5, 5.41) is 3.22. The zero-order valence-electron chi connectivity index (χ0n) is 21.8. The van der Waals surface area contributed by atoms with E-state index in [9.17, 15) is 22.4 Å². The number of amides is 2. The first-order valence-electron chi connectivity index (χ1n) is 12.2. The Morgan fingerprint density at radius 1 is 0.923 bits per heavy atom. The van der Waals surface area contributed by atoms with Gasteiger partial charge in [-0.25, -0.2) is 12.8 Å². The van der Waals surface area contributed by atoms with Gasteiger partial charge in [-0.2, -0.15) is 0 Å². The van der Waals surface area contributed by atoms with Crippen molar-refractivity contribution < 1.29 is 22.4 Å². The van der Waals surface area contributed by atoms with E-state index >= 15 is 0 Å². The number of rotatable bonds is 11. The van der Waals surface area contributed by atoms with E-state index in [-0.39, 0.29) is 34.7 Å². The monoisotopic (exact) mass is 593 g/mol. The molecule has 0 spiro atoms. The smallest absolute Gasteiger partial charge is 0.244 e. The maximum atomic E-state index is 13.9. The maximum Gasteiger partial charge on any atom is 0.244 e. The summed E-state index contributed by atoms with van der Waals surface area (Å²) in [5.41, 5.74) is 1.52. The molecule has 0 aliphatic heterocycles.